The smallest absolute Gasteiger partial charge is 0.220 e. The van der Waals surface area contributed by atoms with Gasteiger partial charge in [-0.15, -0.1) is 0 Å². The molecule has 0 spiro atoms. The number of nitrogens with one attached hydrogen (secondary N) is 2. The largest absolute Gasteiger partial charge is 0.394 e. The number of rotatable bonds is 18. The summed E-state index contributed by atoms with van der Waals surface area (Å²) in [7, 11) is 0. The van der Waals surface area contributed by atoms with Crippen LogP contribution in [0.25, 0.3) is 0 Å². The Morgan fingerprint density at radius 2 is 1.72 bits per heavy atom. The second kappa shape index (κ2) is 17.9. The van der Waals surface area contributed by atoms with Crippen LogP contribution in [-0.4, -0.2) is 138 Å². The van der Waals surface area contributed by atoms with E-state index < -0.39 is 68.1 Å². The number of ether oxygens (including phenoxy) is 4. The number of aliphatic hydroxyl groups excluding tert-OH is 6. The molecule has 0 aromatic heterocycles. The van der Waals surface area contributed by atoms with Crippen LogP contribution in [-0.2, 0) is 28.5 Å². The highest BCUT2D eigenvalue weighted by Gasteiger charge is 2.44. The predicted octanol–water partition coefficient (Wildman–Crippen LogP) is -3.63. The van der Waals surface area contributed by atoms with Gasteiger partial charge in [0.25, 0.3) is 0 Å². The lowest BCUT2D eigenvalue weighted by atomic mass is 9.99. The third-order valence-corrected chi connectivity index (χ3v) is 5.53. The second-order valence-corrected chi connectivity index (χ2v) is 8.45. The summed E-state index contributed by atoms with van der Waals surface area (Å²) in [5, 5.41) is 65.0. The first kappa shape index (κ1) is 32.6. The Hall–Kier alpha value is -1.46. The van der Waals surface area contributed by atoms with Crippen LogP contribution in [0.1, 0.15) is 33.1 Å². The number of amides is 2. The Morgan fingerprint density at radius 1 is 1.03 bits per heavy atom. The first-order chi connectivity index (χ1) is 17.1. The van der Waals surface area contributed by atoms with Gasteiger partial charge in [-0.3, -0.25) is 9.59 Å². The normalized spacial score (nSPS) is 26.7. The van der Waals surface area contributed by atoms with Crippen LogP contribution >= 0.6 is 0 Å². The van der Waals surface area contributed by atoms with Gasteiger partial charge in [-0.25, -0.2) is 0 Å². The van der Waals surface area contributed by atoms with Gasteiger partial charge < -0.3 is 60.2 Å². The standard InChI is InChI=1S/C22H42N2O12/c1-3-33-9-10-34-8-7-23-17(28)6-4-5-15(27)18(29)14(24-13(2)26)12-35-22-21(32)20(31)19(30)16(11-25)36-22/h14-16,18-22,25,27,29-32H,3-12H2,1-2H3,(H,23,28)(H,24,26)/t14-,15+,16?,18-,19-,20?,21-,22-/m0/s1. The van der Waals surface area contributed by atoms with Crippen molar-refractivity contribution in [2.75, 3.05) is 46.2 Å². The summed E-state index contributed by atoms with van der Waals surface area (Å²) in [6.45, 7) is 4.21. The van der Waals surface area contributed by atoms with E-state index in [1.54, 1.807) is 0 Å². The van der Waals surface area contributed by atoms with Crippen LogP contribution in [0.3, 0.4) is 0 Å². The maximum absolute atomic E-state index is 11.9. The van der Waals surface area contributed by atoms with E-state index in [2.05, 4.69) is 10.6 Å². The summed E-state index contributed by atoms with van der Waals surface area (Å²) in [5.41, 5.74) is 0. The maximum Gasteiger partial charge on any atom is 0.220 e. The molecule has 1 aliphatic heterocycles. The minimum absolute atomic E-state index is 0.0512. The monoisotopic (exact) mass is 526 g/mol. The number of aliphatic hydroxyl groups is 6. The van der Waals surface area contributed by atoms with Gasteiger partial charge in [0.2, 0.25) is 11.8 Å². The molecule has 2 unspecified atom stereocenters. The maximum atomic E-state index is 11.9. The lowest BCUT2D eigenvalue weighted by Gasteiger charge is -2.40. The van der Waals surface area contributed by atoms with Crippen LogP contribution in [0.5, 0.6) is 0 Å². The van der Waals surface area contributed by atoms with E-state index in [0.29, 0.717) is 33.0 Å². The van der Waals surface area contributed by atoms with Crippen molar-refractivity contribution in [1.82, 2.24) is 10.6 Å². The van der Waals surface area contributed by atoms with Gasteiger partial charge in [0.05, 0.1) is 45.2 Å². The van der Waals surface area contributed by atoms with Crippen LogP contribution in [0, 0.1) is 0 Å². The minimum Gasteiger partial charge on any atom is -0.394 e. The molecule has 8 atom stereocenters. The number of carbonyl (C=O) groups is 2. The van der Waals surface area contributed by atoms with Gasteiger partial charge in [0, 0.05) is 26.5 Å². The van der Waals surface area contributed by atoms with Crippen molar-refractivity contribution < 1.29 is 59.2 Å². The van der Waals surface area contributed by atoms with Gasteiger partial charge in [-0.2, -0.15) is 0 Å². The molecule has 0 bridgehead atoms. The molecule has 0 aromatic rings. The molecule has 1 rings (SSSR count). The molecule has 1 aliphatic rings. The van der Waals surface area contributed by atoms with E-state index in [0.717, 1.165) is 0 Å². The molecule has 2 amide bonds. The third kappa shape index (κ3) is 11.7. The van der Waals surface area contributed by atoms with Crippen molar-refractivity contribution in [2.45, 2.75) is 82.1 Å². The van der Waals surface area contributed by atoms with Crippen molar-refractivity contribution in [2.24, 2.45) is 0 Å². The zero-order chi connectivity index (χ0) is 27.1. The Kier molecular flexibility index (Phi) is 16.2. The Labute approximate surface area is 210 Å². The van der Waals surface area contributed by atoms with Crippen molar-refractivity contribution in [3.05, 3.63) is 0 Å². The van der Waals surface area contributed by atoms with Gasteiger partial charge in [0.1, 0.15) is 30.5 Å². The summed E-state index contributed by atoms with van der Waals surface area (Å²) >= 11 is 0. The molecule has 0 saturated carbocycles. The molecule has 36 heavy (non-hydrogen) atoms. The second-order valence-electron chi connectivity index (χ2n) is 8.45. The van der Waals surface area contributed by atoms with E-state index in [-0.39, 0.29) is 25.2 Å². The number of hydrogen-bond acceptors (Lipinski definition) is 12. The van der Waals surface area contributed by atoms with E-state index in [1.165, 1.54) is 6.92 Å². The van der Waals surface area contributed by atoms with Crippen LogP contribution in [0.2, 0.25) is 0 Å². The highest BCUT2D eigenvalue weighted by molar-refractivity contribution is 5.75. The van der Waals surface area contributed by atoms with Crippen molar-refractivity contribution in [3.8, 4) is 0 Å². The van der Waals surface area contributed by atoms with Gasteiger partial charge in [-0.1, -0.05) is 0 Å². The van der Waals surface area contributed by atoms with Gasteiger partial charge in [0.15, 0.2) is 6.29 Å². The minimum atomic E-state index is -1.66. The molecule has 1 heterocycles. The van der Waals surface area contributed by atoms with Crippen molar-refractivity contribution in [3.63, 3.8) is 0 Å². The number of carbonyl (C=O) groups excluding carboxylic acids is 2. The van der Waals surface area contributed by atoms with Gasteiger partial charge >= 0.3 is 0 Å². The van der Waals surface area contributed by atoms with Gasteiger partial charge in [-0.05, 0) is 19.8 Å². The highest BCUT2D eigenvalue weighted by atomic mass is 16.7. The van der Waals surface area contributed by atoms with E-state index in [9.17, 15) is 40.2 Å². The lowest BCUT2D eigenvalue weighted by molar-refractivity contribution is -0.303. The van der Waals surface area contributed by atoms with Crippen LogP contribution in [0.15, 0.2) is 0 Å². The molecule has 1 saturated heterocycles. The molecule has 14 heteroatoms. The average molecular weight is 527 g/mol. The van der Waals surface area contributed by atoms with Crippen molar-refractivity contribution >= 4 is 11.8 Å². The summed E-state index contributed by atoms with van der Waals surface area (Å²) < 4.78 is 21.0. The fraction of sp³-hybridized carbons (Fsp3) is 0.909. The number of hydrogen-bond donors (Lipinski definition) is 8. The molecule has 1 fully saturated rings. The third-order valence-electron chi connectivity index (χ3n) is 5.53. The highest BCUT2D eigenvalue weighted by Crippen LogP contribution is 2.22. The topological polar surface area (TPSA) is 216 Å². The molecular formula is C22H42N2O12. The molecule has 0 aliphatic carbocycles. The molecule has 8 N–H and O–H groups in total. The summed E-state index contributed by atoms with van der Waals surface area (Å²) in [5.74, 6) is -0.763. The Balaban J connectivity index is 2.44. The van der Waals surface area contributed by atoms with Crippen molar-refractivity contribution in [1.29, 1.82) is 0 Å². The molecular weight excluding hydrogens is 484 g/mol. The fourth-order valence-electron chi connectivity index (χ4n) is 3.52. The van der Waals surface area contributed by atoms with E-state index in [4.69, 9.17) is 18.9 Å². The lowest BCUT2D eigenvalue weighted by Crippen LogP contribution is -2.60. The van der Waals surface area contributed by atoms with Crippen LogP contribution in [0.4, 0.5) is 0 Å². The summed E-state index contributed by atoms with van der Waals surface area (Å²) in [6.07, 6.45) is -9.90. The Morgan fingerprint density at radius 3 is 2.36 bits per heavy atom. The first-order valence-electron chi connectivity index (χ1n) is 12.1. The summed E-state index contributed by atoms with van der Waals surface area (Å²) in [6, 6.07) is -1.12. The fourth-order valence-corrected chi connectivity index (χ4v) is 3.52. The average Bonchev–Trinajstić information content (AvgIpc) is 2.84. The SMILES string of the molecule is CCOCCOCCNC(=O)CCC[C@@H](O)[C@@H](O)[C@H](CO[C@H]1OC(CO)[C@H](O)C(O)[C@@H]1O)NC(C)=O. The molecule has 0 radical (unpaired) electrons. The summed E-state index contributed by atoms with van der Waals surface area (Å²) in [4.78, 5) is 23.5. The van der Waals surface area contributed by atoms with E-state index in [1.807, 2.05) is 6.92 Å². The zero-order valence-electron chi connectivity index (χ0n) is 20.8. The molecule has 0 aromatic carbocycles. The molecule has 14 nitrogen and oxygen atoms in total. The Bertz CT molecular complexity index is 626. The zero-order valence-corrected chi connectivity index (χ0v) is 20.8. The van der Waals surface area contributed by atoms with E-state index >= 15 is 0 Å². The molecule has 212 valence electrons. The predicted molar refractivity (Wildman–Crippen MR) is 124 cm³/mol. The first-order valence-corrected chi connectivity index (χ1v) is 12.1. The van der Waals surface area contributed by atoms with Crippen LogP contribution < -0.4 is 10.6 Å². The quantitative estimate of drug-likeness (QED) is 0.0812.